The Hall–Kier alpha value is -2.41. The molecule has 0 radical (unpaired) electrons. The molecule has 0 unspecified atom stereocenters. The van der Waals surface area contributed by atoms with Gasteiger partial charge in [0, 0.05) is 30.8 Å². The van der Waals surface area contributed by atoms with Gasteiger partial charge < -0.3 is 14.7 Å². The van der Waals surface area contributed by atoms with Crippen LogP contribution in [0.15, 0.2) is 48.5 Å². The summed E-state index contributed by atoms with van der Waals surface area (Å²) in [5.74, 6) is 2.29. The third-order valence-electron chi connectivity index (χ3n) is 4.23. The van der Waals surface area contributed by atoms with Gasteiger partial charge in [0.2, 0.25) is 0 Å². The largest absolute Gasteiger partial charge is 0.497 e. The number of ether oxygens (including phenoxy) is 1. The highest BCUT2D eigenvalue weighted by Gasteiger charge is 2.14. The first-order valence-corrected chi connectivity index (χ1v) is 9.05. The number of hydrogen-bond donors (Lipinski definition) is 1. The minimum atomic E-state index is 0. The van der Waals surface area contributed by atoms with Crippen LogP contribution in [-0.2, 0) is 13.1 Å². The van der Waals surface area contributed by atoms with Crippen molar-refractivity contribution in [3.05, 3.63) is 54.1 Å². The van der Waals surface area contributed by atoms with Crippen LogP contribution in [0.4, 0.5) is 0 Å². The highest BCUT2D eigenvalue weighted by Crippen LogP contribution is 2.25. The second-order valence-electron chi connectivity index (χ2n) is 6.73. The molecule has 0 atom stereocenters. The molecular weight excluding hydrogens is 376 g/mol. The van der Waals surface area contributed by atoms with Crippen LogP contribution in [0, 0.1) is 0 Å². The Morgan fingerprint density at radius 1 is 1.07 bits per heavy atom. The molecule has 6 nitrogen and oxygen atoms in total. The smallest absolute Gasteiger partial charge is 0.181 e. The maximum absolute atomic E-state index is 9.23. The number of aliphatic hydroxyl groups is 1. The number of methoxy groups -OCH3 is 1. The fourth-order valence-corrected chi connectivity index (χ4v) is 2.97. The fraction of sp³-hybridized carbons (Fsp3) is 0.333. The van der Waals surface area contributed by atoms with Crippen molar-refractivity contribution in [3.63, 3.8) is 0 Å². The topological polar surface area (TPSA) is 63.4 Å². The van der Waals surface area contributed by atoms with Crippen LogP contribution in [0.2, 0.25) is 0 Å². The van der Waals surface area contributed by atoms with Gasteiger partial charge in [0.1, 0.15) is 5.75 Å². The van der Waals surface area contributed by atoms with Crippen LogP contribution in [0.25, 0.3) is 22.8 Å². The molecule has 0 aliphatic rings. The molecule has 0 bridgehead atoms. The number of nitrogens with zero attached hydrogens (tertiary/aromatic N) is 4. The molecule has 1 N–H and O–H groups in total. The molecule has 3 aromatic rings. The Balaban J connectivity index is 0.00000280. The second-order valence-corrected chi connectivity index (χ2v) is 6.73. The van der Waals surface area contributed by atoms with Crippen molar-refractivity contribution in [1.29, 1.82) is 0 Å². The van der Waals surface area contributed by atoms with E-state index >= 15 is 0 Å². The third-order valence-corrected chi connectivity index (χ3v) is 4.23. The van der Waals surface area contributed by atoms with E-state index in [1.807, 2.05) is 35.0 Å². The molecule has 0 spiro atoms. The van der Waals surface area contributed by atoms with Gasteiger partial charge in [-0.2, -0.15) is 5.10 Å². The molecular formula is C21H27ClN4O2. The molecule has 2 aromatic carbocycles. The average molecular weight is 403 g/mol. The van der Waals surface area contributed by atoms with E-state index < -0.39 is 0 Å². The Morgan fingerprint density at radius 2 is 1.82 bits per heavy atom. The normalized spacial score (nSPS) is 10.8. The molecule has 0 fully saturated rings. The summed E-state index contributed by atoms with van der Waals surface area (Å²) < 4.78 is 7.10. The van der Waals surface area contributed by atoms with Crippen molar-refractivity contribution in [2.45, 2.75) is 19.5 Å². The summed E-state index contributed by atoms with van der Waals surface area (Å²) >= 11 is 0. The minimum absolute atomic E-state index is 0. The average Bonchev–Trinajstić information content (AvgIpc) is 3.10. The van der Waals surface area contributed by atoms with Crippen molar-refractivity contribution < 1.29 is 9.84 Å². The van der Waals surface area contributed by atoms with Crippen molar-refractivity contribution in [3.8, 4) is 28.5 Å². The standard InChI is InChI=1S/C21H26N4O2.ClH/c1-24(2)15-16-6-4-7-18(14-16)21-22-20(23-25(21)12-5-13-26)17-8-10-19(27-3)11-9-17;/h4,6-11,14,26H,5,12-13,15H2,1-3H3;1H. The number of hydrogen-bond acceptors (Lipinski definition) is 5. The maximum Gasteiger partial charge on any atom is 0.181 e. The predicted octanol–water partition coefficient (Wildman–Crippen LogP) is 3.49. The lowest BCUT2D eigenvalue weighted by Gasteiger charge is -2.11. The lowest BCUT2D eigenvalue weighted by atomic mass is 10.1. The third kappa shape index (κ3) is 5.32. The second kappa shape index (κ2) is 10.2. The highest BCUT2D eigenvalue weighted by molar-refractivity contribution is 5.85. The Labute approximate surface area is 172 Å². The van der Waals surface area contributed by atoms with E-state index in [0.29, 0.717) is 18.8 Å². The zero-order valence-electron chi connectivity index (χ0n) is 16.5. The minimum Gasteiger partial charge on any atom is -0.497 e. The van der Waals surface area contributed by atoms with E-state index in [0.717, 1.165) is 29.2 Å². The van der Waals surface area contributed by atoms with Crippen molar-refractivity contribution in [2.75, 3.05) is 27.8 Å². The number of aliphatic hydroxyl groups excluding tert-OH is 1. The van der Waals surface area contributed by atoms with Crippen LogP contribution < -0.4 is 4.74 Å². The molecule has 7 heteroatoms. The van der Waals surface area contributed by atoms with Gasteiger partial charge in [0.25, 0.3) is 0 Å². The molecule has 28 heavy (non-hydrogen) atoms. The summed E-state index contributed by atoms with van der Waals surface area (Å²) in [5, 5.41) is 13.9. The summed E-state index contributed by atoms with van der Waals surface area (Å²) in [7, 11) is 5.76. The summed E-state index contributed by atoms with van der Waals surface area (Å²) in [6, 6.07) is 16.1. The lowest BCUT2D eigenvalue weighted by Crippen LogP contribution is -2.10. The molecule has 0 amide bonds. The van der Waals surface area contributed by atoms with Gasteiger partial charge >= 0.3 is 0 Å². The zero-order valence-corrected chi connectivity index (χ0v) is 17.3. The number of rotatable bonds is 8. The number of benzene rings is 2. The van der Waals surface area contributed by atoms with Crippen LogP contribution in [0.1, 0.15) is 12.0 Å². The molecule has 0 saturated carbocycles. The molecule has 150 valence electrons. The van der Waals surface area contributed by atoms with E-state index in [9.17, 15) is 5.11 Å². The molecule has 0 aliphatic heterocycles. The molecule has 1 heterocycles. The fourth-order valence-electron chi connectivity index (χ4n) is 2.97. The van der Waals surface area contributed by atoms with Gasteiger partial charge in [-0.1, -0.05) is 18.2 Å². The summed E-state index contributed by atoms with van der Waals surface area (Å²) in [5.41, 5.74) is 3.18. The zero-order chi connectivity index (χ0) is 19.2. The van der Waals surface area contributed by atoms with Gasteiger partial charge in [0.15, 0.2) is 11.6 Å². The van der Waals surface area contributed by atoms with E-state index in [4.69, 9.17) is 9.72 Å². The van der Waals surface area contributed by atoms with E-state index in [1.165, 1.54) is 5.56 Å². The Morgan fingerprint density at radius 3 is 2.46 bits per heavy atom. The van der Waals surface area contributed by atoms with Crippen molar-refractivity contribution in [2.24, 2.45) is 0 Å². The number of aromatic nitrogens is 3. The van der Waals surface area contributed by atoms with Gasteiger partial charge in [0.05, 0.1) is 7.11 Å². The van der Waals surface area contributed by atoms with E-state index in [-0.39, 0.29) is 19.0 Å². The first-order valence-electron chi connectivity index (χ1n) is 9.05. The van der Waals surface area contributed by atoms with Crippen molar-refractivity contribution in [1.82, 2.24) is 19.7 Å². The van der Waals surface area contributed by atoms with Crippen LogP contribution in [0.3, 0.4) is 0 Å². The predicted molar refractivity (Wildman–Crippen MR) is 114 cm³/mol. The summed E-state index contributed by atoms with van der Waals surface area (Å²) in [6.45, 7) is 1.61. The van der Waals surface area contributed by atoms with Gasteiger partial charge in [-0.05, 0) is 56.4 Å². The van der Waals surface area contributed by atoms with Crippen LogP contribution in [0.5, 0.6) is 5.75 Å². The first-order chi connectivity index (χ1) is 13.1. The molecule has 1 aromatic heterocycles. The lowest BCUT2D eigenvalue weighted by molar-refractivity contribution is 0.277. The Kier molecular flexibility index (Phi) is 7.99. The Bertz CT molecular complexity index is 878. The van der Waals surface area contributed by atoms with Crippen molar-refractivity contribution >= 4 is 12.4 Å². The van der Waals surface area contributed by atoms with Gasteiger partial charge in [-0.25, -0.2) is 9.67 Å². The molecule has 3 rings (SSSR count). The van der Waals surface area contributed by atoms with Crippen LogP contribution in [-0.4, -0.2) is 52.6 Å². The number of aryl methyl sites for hydroxylation is 1. The molecule has 0 aliphatic carbocycles. The molecule has 0 saturated heterocycles. The maximum atomic E-state index is 9.23. The highest BCUT2D eigenvalue weighted by atomic mass is 35.5. The van der Waals surface area contributed by atoms with E-state index in [2.05, 4.69) is 42.3 Å². The quantitative estimate of drug-likeness (QED) is 0.624. The van der Waals surface area contributed by atoms with Crippen LogP contribution >= 0.6 is 12.4 Å². The number of halogens is 1. The van der Waals surface area contributed by atoms with Gasteiger partial charge in [-0.3, -0.25) is 0 Å². The van der Waals surface area contributed by atoms with Gasteiger partial charge in [-0.15, -0.1) is 12.4 Å². The monoisotopic (exact) mass is 402 g/mol. The summed E-state index contributed by atoms with van der Waals surface area (Å²) in [4.78, 5) is 6.93. The first kappa shape index (κ1) is 21.9. The SMILES string of the molecule is COc1ccc(-c2nc(-c3cccc(CN(C)C)c3)n(CCCO)n2)cc1.Cl. The van der Waals surface area contributed by atoms with E-state index in [1.54, 1.807) is 7.11 Å². The summed E-state index contributed by atoms with van der Waals surface area (Å²) in [6.07, 6.45) is 0.635.